The maximum Gasteiger partial charge on any atom is 0.363 e. The van der Waals surface area contributed by atoms with Crippen molar-refractivity contribution in [3.05, 3.63) is 111 Å². The molecule has 0 unspecified atom stereocenters. The maximum absolute atomic E-state index is 12.3. The summed E-state index contributed by atoms with van der Waals surface area (Å²) in [5, 5.41) is 10.8. The third-order valence-corrected chi connectivity index (χ3v) is 4.59. The minimum atomic E-state index is -0.631. The number of benzene rings is 3. The molecule has 1 heterocycles. The second-order valence-electron chi connectivity index (χ2n) is 6.97. The van der Waals surface area contributed by atoms with E-state index in [4.69, 9.17) is 9.47 Å². The maximum atomic E-state index is 12.3. The standard InChI is InChI=1S/C24H16N2O6/c1-15-3-2-4-18(13-15)23(27)31-20-11-5-16(6-12-20)14-21-24(28)32-22(25-21)17-7-9-19(10-8-17)26(29)30/h2-14H,1H3/b21-14-. The highest BCUT2D eigenvalue weighted by molar-refractivity contribution is 6.12. The summed E-state index contributed by atoms with van der Waals surface area (Å²) in [5.74, 6) is -0.660. The van der Waals surface area contributed by atoms with Crippen molar-refractivity contribution in [3.8, 4) is 5.75 Å². The fourth-order valence-electron chi connectivity index (χ4n) is 2.99. The van der Waals surface area contributed by atoms with Gasteiger partial charge in [-0.15, -0.1) is 0 Å². The summed E-state index contributed by atoms with van der Waals surface area (Å²) < 4.78 is 10.5. The third-order valence-electron chi connectivity index (χ3n) is 4.59. The molecule has 0 bridgehead atoms. The molecule has 32 heavy (non-hydrogen) atoms. The Balaban J connectivity index is 1.48. The Labute approximate surface area is 182 Å². The molecule has 8 nitrogen and oxygen atoms in total. The molecular weight excluding hydrogens is 412 g/mol. The molecule has 0 amide bonds. The second kappa shape index (κ2) is 8.65. The number of hydrogen-bond acceptors (Lipinski definition) is 7. The first-order valence-corrected chi connectivity index (χ1v) is 9.55. The van der Waals surface area contributed by atoms with Gasteiger partial charge < -0.3 is 9.47 Å². The molecule has 0 saturated heterocycles. The van der Waals surface area contributed by atoms with E-state index in [0.717, 1.165) is 5.56 Å². The van der Waals surface area contributed by atoms with Gasteiger partial charge in [0, 0.05) is 17.7 Å². The van der Waals surface area contributed by atoms with Crippen molar-refractivity contribution in [2.24, 2.45) is 4.99 Å². The van der Waals surface area contributed by atoms with Gasteiger partial charge in [-0.05, 0) is 55.0 Å². The molecule has 4 rings (SSSR count). The molecule has 8 heteroatoms. The lowest BCUT2D eigenvalue weighted by atomic mass is 10.1. The van der Waals surface area contributed by atoms with Gasteiger partial charge in [-0.2, -0.15) is 0 Å². The average molecular weight is 428 g/mol. The van der Waals surface area contributed by atoms with Crippen LogP contribution in [0.4, 0.5) is 5.69 Å². The number of cyclic esters (lactones) is 1. The molecule has 0 atom stereocenters. The van der Waals surface area contributed by atoms with E-state index in [1.807, 2.05) is 13.0 Å². The number of nitro groups is 1. The Morgan fingerprint density at radius 2 is 1.78 bits per heavy atom. The van der Waals surface area contributed by atoms with E-state index in [0.29, 0.717) is 22.4 Å². The summed E-state index contributed by atoms with van der Waals surface area (Å²) in [4.78, 5) is 38.8. The smallest absolute Gasteiger partial charge is 0.363 e. The molecule has 0 saturated carbocycles. The number of aliphatic imine (C=N–C) groups is 1. The summed E-state index contributed by atoms with van der Waals surface area (Å²) in [6.45, 7) is 1.89. The van der Waals surface area contributed by atoms with Crippen LogP contribution in [0.2, 0.25) is 0 Å². The van der Waals surface area contributed by atoms with Crippen molar-refractivity contribution in [2.45, 2.75) is 6.92 Å². The predicted molar refractivity (Wildman–Crippen MR) is 116 cm³/mol. The number of non-ortho nitro benzene ring substituents is 1. The molecule has 0 spiro atoms. The van der Waals surface area contributed by atoms with Gasteiger partial charge in [-0.1, -0.05) is 29.8 Å². The van der Waals surface area contributed by atoms with Gasteiger partial charge in [0.2, 0.25) is 5.90 Å². The molecule has 0 aliphatic carbocycles. The van der Waals surface area contributed by atoms with Gasteiger partial charge in [0.05, 0.1) is 10.5 Å². The fraction of sp³-hybridized carbons (Fsp3) is 0.0417. The fourth-order valence-corrected chi connectivity index (χ4v) is 2.99. The van der Waals surface area contributed by atoms with E-state index in [2.05, 4.69) is 4.99 Å². The summed E-state index contributed by atoms with van der Waals surface area (Å²) in [6.07, 6.45) is 1.53. The van der Waals surface area contributed by atoms with Crippen LogP contribution in [0.5, 0.6) is 5.75 Å². The Kier molecular flexibility index (Phi) is 5.59. The highest BCUT2D eigenvalue weighted by Gasteiger charge is 2.24. The minimum absolute atomic E-state index is 0.0693. The Hall–Kier alpha value is -4.59. The lowest BCUT2D eigenvalue weighted by Crippen LogP contribution is -2.08. The van der Waals surface area contributed by atoms with E-state index < -0.39 is 16.9 Å². The van der Waals surface area contributed by atoms with Crippen LogP contribution in [0.15, 0.2) is 83.5 Å². The Bertz CT molecular complexity index is 1270. The molecule has 0 N–H and O–H groups in total. The molecule has 1 aliphatic rings. The van der Waals surface area contributed by atoms with Crippen LogP contribution in [0.25, 0.3) is 6.08 Å². The Morgan fingerprint density at radius 3 is 2.44 bits per heavy atom. The van der Waals surface area contributed by atoms with Crippen LogP contribution in [-0.4, -0.2) is 22.8 Å². The van der Waals surface area contributed by atoms with E-state index in [-0.39, 0.29) is 17.3 Å². The van der Waals surface area contributed by atoms with Crippen molar-refractivity contribution >= 4 is 29.6 Å². The van der Waals surface area contributed by atoms with Gasteiger partial charge in [0.25, 0.3) is 5.69 Å². The SMILES string of the molecule is Cc1cccc(C(=O)Oc2ccc(/C=C3\N=C(c4ccc([N+](=O)[O-])cc4)OC3=O)cc2)c1. The number of ether oxygens (including phenoxy) is 2. The zero-order chi connectivity index (χ0) is 22.7. The third kappa shape index (κ3) is 4.59. The van der Waals surface area contributed by atoms with E-state index in [9.17, 15) is 19.7 Å². The molecule has 3 aromatic rings. The highest BCUT2D eigenvalue weighted by atomic mass is 16.6. The number of esters is 2. The molecular formula is C24H16N2O6. The number of hydrogen-bond donors (Lipinski definition) is 0. The molecule has 158 valence electrons. The van der Waals surface area contributed by atoms with Crippen LogP contribution in [-0.2, 0) is 9.53 Å². The van der Waals surface area contributed by atoms with Gasteiger partial charge >= 0.3 is 11.9 Å². The lowest BCUT2D eigenvalue weighted by Gasteiger charge is -2.05. The van der Waals surface area contributed by atoms with Crippen molar-refractivity contribution in [3.63, 3.8) is 0 Å². The minimum Gasteiger partial charge on any atom is -0.423 e. The number of carbonyl (C=O) groups is 2. The van der Waals surface area contributed by atoms with Crippen molar-refractivity contribution in [1.82, 2.24) is 0 Å². The predicted octanol–water partition coefficient (Wildman–Crippen LogP) is 4.47. The normalized spacial score (nSPS) is 14.1. The molecule has 0 radical (unpaired) electrons. The second-order valence-corrected chi connectivity index (χ2v) is 6.97. The number of rotatable bonds is 5. The number of aryl methyl sites for hydroxylation is 1. The summed E-state index contributed by atoms with van der Waals surface area (Å²) in [7, 11) is 0. The number of carbonyl (C=O) groups excluding carboxylic acids is 2. The van der Waals surface area contributed by atoms with Crippen LogP contribution in [0, 0.1) is 17.0 Å². The van der Waals surface area contributed by atoms with Crippen LogP contribution < -0.4 is 4.74 Å². The first-order valence-electron chi connectivity index (χ1n) is 9.55. The van der Waals surface area contributed by atoms with Gasteiger partial charge in [0.15, 0.2) is 5.70 Å². The lowest BCUT2D eigenvalue weighted by molar-refractivity contribution is -0.384. The van der Waals surface area contributed by atoms with Crippen LogP contribution >= 0.6 is 0 Å². The van der Waals surface area contributed by atoms with Gasteiger partial charge in [-0.3, -0.25) is 10.1 Å². The van der Waals surface area contributed by atoms with Crippen molar-refractivity contribution < 1.29 is 24.0 Å². The molecule has 0 aromatic heterocycles. The zero-order valence-corrected chi connectivity index (χ0v) is 16.8. The monoisotopic (exact) mass is 428 g/mol. The molecule has 0 fully saturated rings. The molecule has 3 aromatic carbocycles. The number of nitrogens with zero attached hydrogens (tertiary/aromatic N) is 2. The van der Waals surface area contributed by atoms with Gasteiger partial charge in [0.1, 0.15) is 5.75 Å². The largest absolute Gasteiger partial charge is 0.423 e. The van der Waals surface area contributed by atoms with E-state index in [1.165, 1.54) is 30.3 Å². The topological polar surface area (TPSA) is 108 Å². The average Bonchev–Trinajstić information content (AvgIpc) is 3.15. The zero-order valence-electron chi connectivity index (χ0n) is 16.8. The summed E-state index contributed by atoms with van der Waals surface area (Å²) in [5.41, 5.74) is 2.53. The first kappa shape index (κ1) is 20.7. The van der Waals surface area contributed by atoms with E-state index in [1.54, 1.807) is 42.5 Å². The van der Waals surface area contributed by atoms with Crippen LogP contribution in [0.1, 0.15) is 27.0 Å². The summed E-state index contributed by atoms with van der Waals surface area (Å²) in [6, 6.07) is 19.2. The summed E-state index contributed by atoms with van der Waals surface area (Å²) >= 11 is 0. The first-order chi connectivity index (χ1) is 15.4. The van der Waals surface area contributed by atoms with E-state index >= 15 is 0 Å². The van der Waals surface area contributed by atoms with Crippen molar-refractivity contribution in [2.75, 3.05) is 0 Å². The Morgan fingerprint density at radius 1 is 1.06 bits per heavy atom. The van der Waals surface area contributed by atoms with Crippen molar-refractivity contribution in [1.29, 1.82) is 0 Å². The number of nitro benzene ring substituents is 1. The molecule has 1 aliphatic heterocycles. The highest BCUT2D eigenvalue weighted by Crippen LogP contribution is 2.22. The quantitative estimate of drug-likeness (QED) is 0.195. The van der Waals surface area contributed by atoms with Crippen LogP contribution in [0.3, 0.4) is 0 Å². The van der Waals surface area contributed by atoms with Gasteiger partial charge in [-0.25, -0.2) is 14.6 Å².